The first-order valence-corrected chi connectivity index (χ1v) is 7.14. The fourth-order valence-corrected chi connectivity index (χ4v) is 2.20. The number of nitrogens with one attached hydrogen (secondary N) is 1. The van der Waals surface area contributed by atoms with E-state index in [-0.39, 0.29) is 5.95 Å². The number of hydrogen-bond donors (Lipinski definition) is 2. The predicted octanol–water partition coefficient (Wildman–Crippen LogP) is 2.61. The lowest BCUT2D eigenvalue weighted by Gasteiger charge is -2.11. The first-order valence-electron chi connectivity index (χ1n) is 7.14. The second kappa shape index (κ2) is 5.96. The number of benzene rings is 1. The van der Waals surface area contributed by atoms with Gasteiger partial charge in [0.15, 0.2) is 5.82 Å². The Labute approximate surface area is 134 Å². The second-order valence-electron chi connectivity index (χ2n) is 5.16. The zero-order chi connectivity index (χ0) is 16.4. The van der Waals surface area contributed by atoms with Crippen molar-refractivity contribution in [3.63, 3.8) is 0 Å². The van der Waals surface area contributed by atoms with Crippen LogP contribution in [0.15, 0.2) is 36.5 Å². The lowest BCUT2D eigenvalue weighted by atomic mass is 10.1. The molecule has 0 amide bonds. The van der Waals surface area contributed by atoms with Crippen LogP contribution in [0.5, 0.6) is 5.75 Å². The van der Waals surface area contributed by atoms with Gasteiger partial charge in [-0.25, -0.2) is 4.98 Å². The highest BCUT2D eigenvalue weighted by Crippen LogP contribution is 2.30. The van der Waals surface area contributed by atoms with Gasteiger partial charge in [0.1, 0.15) is 5.75 Å². The summed E-state index contributed by atoms with van der Waals surface area (Å²) in [6, 6.07) is 9.46. The van der Waals surface area contributed by atoms with Crippen molar-refractivity contribution in [3.8, 4) is 11.6 Å². The normalized spacial score (nSPS) is 10.6. The van der Waals surface area contributed by atoms with Crippen molar-refractivity contribution in [2.45, 2.75) is 13.8 Å². The summed E-state index contributed by atoms with van der Waals surface area (Å²) in [7, 11) is 1.63. The molecule has 0 bridgehead atoms. The molecule has 3 rings (SSSR count). The number of rotatable bonds is 4. The minimum Gasteiger partial charge on any atom is -0.495 e. The van der Waals surface area contributed by atoms with E-state index in [0.29, 0.717) is 11.8 Å². The molecule has 7 nitrogen and oxygen atoms in total. The molecule has 3 aromatic rings. The number of methoxy groups -OCH3 is 1. The largest absolute Gasteiger partial charge is 0.495 e. The number of pyridine rings is 1. The summed E-state index contributed by atoms with van der Waals surface area (Å²) in [6.07, 6.45) is 1.68. The molecule has 0 aliphatic rings. The van der Waals surface area contributed by atoms with E-state index in [1.165, 1.54) is 4.68 Å². The lowest BCUT2D eigenvalue weighted by Crippen LogP contribution is -2.04. The van der Waals surface area contributed by atoms with Crippen molar-refractivity contribution < 1.29 is 4.74 Å². The van der Waals surface area contributed by atoms with Crippen molar-refractivity contribution in [1.29, 1.82) is 0 Å². The van der Waals surface area contributed by atoms with Gasteiger partial charge in [0.25, 0.3) is 0 Å². The lowest BCUT2D eigenvalue weighted by molar-refractivity contribution is 0.416. The minimum atomic E-state index is 0.258. The van der Waals surface area contributed by atoms with Crippen LogP contribution < -0.4 is 15.8 Å². The Morgan fingerprint density at radius 3 is 2.65 bits per heavy atom. The molecular weight excluding hydrogens is 292 g/mol. The maximum absolute atomic E-state index is 5.93. The van der Waals surface area contributed by atoms with E-state index in [2.05, 4.69) is 20.4 Å². The third kappa shape index (κ3) is 2.94. The fraction of sp³-hybridized carbons (Fsp3) is 0.188. The third-order valence-corrected chi connectivity index (χ3v) is 3.56. The van der Waals surface area contributed by atoms with Crippen molar-refractivity contribution in [3.05, 3.63) is 47.7 Å². The fourth-order valence-electron chi connectivity index (χ4n) is 2.20. The van der Waals surface area contributed by atoms with Gasteiger partial charge in [-0.1, -0.05) is 6.07 Å². The van der Waals surface area contributed by atoms with Crippen LogP contribution in [0.3, 0.4) is 0 Å². The van der Waals surface area contributed by atoms with Crippen LogP contribution in [-0.2, 0) is 0 Å². The summed E-state index contributed by atoms with van der Waals surface area (Å²) in [5.41, 5.74) is 9.01. The average molecular weight is 310 g/mol. The number of aromatic nitrogens is 4. The molecule has 0 spiro atoms. The van der Waals surface area contributed by atoms with Crippen LogP contribution in [0.2, 0.25) is 0 Å². The van der Waals surface area contributed by atoms with Crippen molar-refractivity contribution in [2.24, 2.45) is 0 Å². The summed E-state index contributed by atoms with van der Waals surface area (Å²) in [6.45, 7) is 4.07. The second-order valence-corrected chi connectivity index (χ2v) is 5.16. The Morgan fingerprint density at radius 2 is 1.96 bits per heavy atom. The first-order chi connectivity index (χ1) is 11.1. The summed E-state index contributed by atoms with van der Waals surface area (Å²) >= 11 is 0. The van der Waals surface area contributed by atoms with Gasteiger partial charge in [0, 0.05) is 6.20 Å². The molecule has 3 N–H and O–H groups in total. The van der Waals surface area contributed by atoms with E-state index >= 15 is 0 Å². The molecule has 0 radical (unpaired) electrons. The van der Waals surface area contributed by atoms with Gasteiger partial charge >= 0.3 is 0 Å². The molecule has 7 heteroatoms. The summed E-state index contributed by atoms with van der Waals surface area (Å²) < 4.78 is 6.89. The number of ether oxygens (including phenoxy) is 1. The van der Waals surface area contributed by atoms with E-state index in [0.717, 1.165) is 22.6 Å². The molecule has 0 aliphatic carbocycles. The maximum atomic E-state index is 5.93. The van der Waals surface area contributed by atoms with Gasteiger partial charge in [-0.05, 0) is 49.2 Å². The molecule has 0 saturated heterocycles. The molecule has 0 atom stereocenters. The number of nitrogen functional groups attached to an aromatic ring is 1. The smallest absolute Gasteiger partial charge is 0.249 e. The third-order valence-electron chi connectivity index (χ3n) is 3.56. The Kier molecular flexibility index (Phi) is 3.84. The number of nitrogens with two attached hydrogens (primary N) is 1. The molecule has 0 saturated carbocycles. The van der Waals surface area contributed by atoms with Crippen LogP contribution in [0.4, 0.5) is 17.6 Å². The Bertz CT molecular complexity index is 828. The first kappa shape index (κ1) is 14.8. The van der Waals surface area contributed by atoms with Gasteiger partial charge in [-0.2, -0.15) is 9.67 Å². The van der Waals surface area contributed by atoms with Gasteiger partial charge in [0.05, 0.1) is 12.8 Å². The highest BCUT2D eigenvalue weighted by Gasteiger charge is 2.12. The summed E-state index contributed by atoms with van der Waals surface area (Å²) in [4.78, 5) is 8.45. The molecule has 0 unspecified atom stereocenters. The summed E-state index contributed by atoms with van der Waals surface area (Å²) in [5, 5.41) is 7.50. The number of hydrogen-bond acceptors (Lipinski definition) is 6. The number of anilines is 3. The number of nitrogens with zero attached hydrogens (tertiary/aromatic N) is 4. The zero-order valence-corrected chi connectivity index (χ0v) is 13.2. The van der Waals surface area contributed by atoms with Crippen LogP contribution in [0.1, 0.15) is 11.1 Å². The average Bonchev–Trinajstić information content (AvgIpc) is 2.92. The molecule has 0 aliphatic heterocycles. The van der Waals surface area contributed by atoms with Gasteiger partial charge < -0.3 is 15.8 Å². The van der Waals surface area contributed by atoms with Crippen LogP contribution >= 0.6 is 0 Å². The molecule has 2 aromatic heterocycles. The monoisotopic (exact) mass is 310 g/mol. The van der Waals surface area contributed by atoms with E-state index in [1.54, 1.807) is 13.3 Å². The highest BCUT2D eigenvalue weighted by atomic mass is 16.5. The molecule has 23 heavy (non-hydrogen) atoms. The van der Waals surface area contributed by atoms with Gasteiger partial charge in [0.2, 0.25) is 11.9 Å². The van der Waals surface area contributed by atoms with Gasteiger partial charge in [-0.3, -0.25) is 0 Å². The molecular formula is C16H18N6O. The number of aryl methyl sites for hydroxylation is 2. The standard InChI is InChI=1S/C16H18N6O/c1-10-8-12(13(23-3)9-11(10)2)19-16-20-15(17)22(21-16)14-6-4-5-7-18-14/h4-9H,1-3H3,(H3,17,19,20,21). The molecule has 2 heterocycles. The van der Waals surface area contributed by atoms with E-state index in [9.17, 15) is 0 Å². The topological polar surface area (TPSA) is 90.9 Å². The summed E-state index contributed by atoms with van der Waals surface area (Å²) in [5.74, 6) is 1.97. The van der Waals surface area contributed by atoms with Gasteiger partial charge in [-0.15, -0.1) is 5.10 Å². The van der Waals surface area contributed by atoms with E-state index < -0.39 is 0 Å². The van der Waals surface area contributed by atoms with Crippen LogP contribution in [0, 0.1) is 13.8 Å². The zero-order valence-electron chi connectivity index (χ0n) is 13.2. The van der Waals surface area contributed by atoms with Crippen molar-refractivity contribution >= 4 is 17.6 Å². The Morgan fingerprint density at radius 1 is 1.17 bits per heavy atom. The molecule has 0 fully saturated rings. The molecule has 118 valence electrons. The van der Waals surface area contributed by atoms with E-state index in [4.69, 9.17) is 10.5 Å². The van der Waals surface area contributed by atoms with Crippen LogP contribution in [-0.4, -0.2) is 26.9 Å². The maximum Gasteiger partial charge on any atom is 0.249 e. The predicted molar refractivity (Wildman–Crippen MR) is 89.3 cm³/mol. The minimum absolute atomic E-state index is 0.258. The quantitative estimate of drug-likeness (QED) is 0.769. The van der Waals surface area contributed by atoms with Crippen LogP contribution in [0.25, 0.3) is 5.82 Å². The van der Waals surface area contributed by atoms with E-state index in [1.807, 2.05) is 44.2 Å². The molecule has 1 aromatic carbocycles. The Balaban J connectivity index is 1.95. The Hall–Kier alpha value is -3.09. The van der Waals surface area contributed by atoms with Crippen molar-refractivity contribution in [2.75, 3.05) is 18.2 Å². The SMILES string of the molecule is COc1cc(C)c(C)cc1Nc1nc(N)n(-c2ccccn2)n1. The highest BCUT2D eigenvalue weighted by molar-refractivity contribution is 5.65. The van der Waals surface area contributed by atoms with Crippen molar-refractivity contribution in [1.82, 2.24) is 19.7 Å².